The van der Waals surface area contributed by atoms with E-state index in [1.54, 1.807) is 0 Å². The van der Waals surface area contributed by atoms with E-state index in [-0.39, 0.29) is 5.56 Å². The van der Waals surface area contributed by atoms with Crippen LogP contribution in [-0.2, 0) is 4.84 Å². The maximum absolute atomic E-state index is 12.8. The van der Waals surface area contributed by atoms with E-state index in [0.717, 1.165) is 12.3 Å². The third-order valence-corrected chi connectivity index (χ3v) is 1.20. The molecule has 1 radical (unpaired) electrons. The van der Waals surface area contributed by atoms with Gasteiger partial charge in [-0.15, -0.1) is 0 Å². The fraction of sp³-hybridized carbons (Fsp3) is 0.125. The normalized spacial score (nSPS) is 10.6. The summed E-state index contributed by atoms with van der Waals surface area (Å²) in [5.41, 5.74) is -0.0585. The minimum absolute atomic E-state index is 0.0585. The van der Waals surface area contributed by atoms with Crippen LogP contribution in [0.5, 0.6) is 0 Å². The Balaban J connectivity index is 3.00. The molecular weight excluding hydrogens is 164 g/mol. The zero-order chi connectivity index (χ0) is 8.97. The summed E-state index contributed by atoms with van der Waals surface area (Å²) in [6, 6.07) is 4.73. The van der Waals surface area contributed by atoms with Gasteiger partial charge in [-0.3, -0.25) is 0 Å². The van der Waals surface area contributed by atoms with Crippen LogP contribution in [0.4, 0.5) is 8.78 Å². The molecule has 1 rings (SSSR count). The summed E-state index contributed by atoms with van der Waals surface area (Å²) in [4.78, 5) is 4.30. The molecule has 0 amide bonds. The van der Waals surface area contributed by atoms with E-state index >= 15 is 0 Å². The van der Waals surface area contributed by atoms with E-state index in [4.69, 9.17) is 0 Å². The first-order chi connectivity index (χ1) is 5.75. The third-order valence-electron chi connectivity index (χ3n) is 1.20. The maximum atomic E-state index is 12.8. The predicted molar refractivity (Wildman–Crippen MR) is 39.8 cm³/mol. The number of hydrogen-bond donors (Lipinski definition) is 0. The molecule has 0 saturated heterocycles. The molecule has 1 aromatic rings. The first kappa shape index (κ1) is 8.64. The van der Waals surface area contributed by atoms with Crippen molar-refractivity contribution in [3.05, 3.63) is 35.4 Å². The lowest BCUT2D eigenvalue weighted by atomic mass is 10.2. The summed E-state index contributed by atoms with van der Waals surface area (Å²) in [5.74, 6) is -1.90. The average Bonchev–Trinajstić information content (AvgIpc) is 2.08. The van der Waals surface area contributed by atoms with Gasteiger partial charge in [0, 0.05) is 5.56 Å². The van der Waals surface area contributed by atoms with Crippen LogP contribution in [-0.4, -0.2) is 13.3 Å². The Morgan fingerprint density at radius 2 is 2.33 bits per heavy atom. The number of benzene rings is 1. The number of rotatable bonds is 2. The van der Waals surface area contributed by atoms with Gasteiger partial charge in [-0.25, -0.2) is 8.78 Å². The average molecular weight is 170 g/mol. The van der Waals surface area contributed by atoms with Crippen molar-refractivity contribution >= 4 is 6.21 Å². The molecule has 0 aliphatic rings. The zero-order valence-corrected chi connectivity index (χ0v) is 6.34. The summed E-state index contributed by atoms with van der Waals surface area (Å²) >= 11 is 0. The molecule has 0 bridgehead atoms. The number of nitrogens with zero attached hydrogens (tertiary/aromatic N) is 1. The van der Waals surface area contributed by atoms with Gasteiger partial charge < -0.3 is 4.84 Å². The van der Waals surface area contributed by atoms with Gasteiger partial charge >= 0.3 is 0 Å². The van der Waals surface area contributed by atoms with Crippen molar-refractivity contribution < 1.29 is 13.6 Å². The van der Waals surface area contributed by atoms with E-state index in [9.17, 15) is 8.78 Å². The van der Waals surface area contributed by atoms with E-state index < -0.39 is 11.6 Å². The fourth-order valence-electron chi connectivity index (χ4n) is 0.669. The van der Waals surface area contributed by atoms with E-state index in [1.165, 1.54) is 13.2 Å². The zero-order valence-electron chi connectivity index (χ0n) is 6.34. The molecule has 0 unspecified atom stereocenters. The molecule has 1 aromatic carbocycles. The highest BCUT2D eigenvalue weighted by molar-refractivity contribution is 5.78. The molecule has 2 nitrogen and oxygen atoms in total. The standard InChI is InChI=1S/C8H6F2NO/c1-12-11-5-6-3-2-4-7(9)8(6)10/h2,4-5H,1H3/b11-5+. The highest BCUT2D eigenvalue weighted by atomic mass is 19.2. The molecule has 63 valence electrons. The first-order valence-corrected chi connectivity index (χ1v) is 3.18. The Bertz CT molecular complexity index is 299. The smallest absolute Gasteiger partial charge is 0.168 e. The molecule has 0 heterocycles. The van der Waals surface area contributed by atoms with Gasteiger partial charge in [-0.05, 0) is 12.1 Å². The molecule has 0 spiro atoms. The lowest BCUT2D eigenvalue weighted by molar-refractivity contribution is 0.215. The van der Waals surface area contributed by atoms with Gasteiger partial charge in [-0.1, -0.05) is 11.2 Å². The van der Waals surface area contributed by atoms with E-state index in [0.29, 0.717) is 0 Å². The summed E-state index contributed by atoms with van der Waals surface area (Å²) in [7, 11) is 1.31. The fourth-order valence-corrected chi connectivity index (χ4v) is 0.669. The van der Waals surface area contributed by atoms with Gasteiger partial charge in [-0.2, -0.15) is 0 Å². The lowest BCUT2D eigenvalue weighted by Crippen LogP contribution is -1.92. The van der Waals surface area contributed by atoms with Crippen molar-refractivity contribution in [3.8, 4) is 0 Å². The molecule has 0 N–H and O–H groups in total. The van der Waals surface area contributed by atoms with Gasteiger partial charge in [0.2, 0.25) is 0 Å². The van der Waals surface area contributed by atoms with Crippen LogP contribution >= 0.6 is 0 Å². The van der Waals surface area contributed by atoms with E-state index in [1.807, 2.05) is 0 Å². The summed E-state index contributed by atoms with van der Waals surface area (Å²) in [5, 5.41) is 3.28. The number of oxime groups is 1. The molecule has 0 aliphatic heterocycles. The molecule has 12 heavy (non-hydrogen) atoms. The monoisotopic (exact) mass is 170 g/mol. The molecule has 0 aromatic heterocycles. The second-order valence-corrected chi connectivity index (χ2v) is 1.97. The Kier molecular flexibility index (Phi) is 2.74. The molecular formula is C8H6F2NO. The third kappa shape index (κ3) is 1.78. The van der Waals surface area contributed by atoms with Crippen molar-refractivity contribution in [2.45, 2.75) is 0 Å². The lowest BCUT2D eigenvalue weighted by Gasteiger charge is -1.94. The van der Waals surface area contributed by atoms with Crippen LogP contribution in [0.25, 0.3) is 0 Å². The topological polar surface area (TPSA) is 21.6 Å². The van der Waals surface area contributed by atoms with Crippen LogP contribution in [0.1, 0.15) is 5.56 Å². The predicted octanol–water partition coefficient (Wildman–Crippen LogP) is 1.75. The maximum Gasteiger partial charge on any atom is 0.168 e. The molecule has 0 fully saturated rings. The van der Waals surface area contributed by atoms with Crippen LogP contribution in [0.2, 0.25) is 0 Å². The largest absolute Gasteiger partial charge is 0.399 e. The van der Waals surface area contributed by atoms with Crippen LogP contribution in [0.15, 0.2) is 17.3 Å². The summed E-state index contributed by atoms with van der Waals surface area (Å²) in [6.07, 6.45) is 1.05. The molecule has 4 heteroatoms. The van der Waals surface area contributed by atoms with Gasteiger partial charge in [0.05, 0.1) is 6.21 Å². The van der Waals surface area contributed by atoms with Crippen molar-refractivity contribution in [1.29, 1.82) is 0 Å². The molecule has 0 atom stereocenters. The number of halogens is 2. The first-order valence-electron chi connectivity index (χ1n) is 3.18. The van der Waals surface area contributed by atoms with E-state index in [2.05, 4.69) is 16.1 Å². The SMILES string of the molecule is CO/N=C/c1[c]ccc(F)c1F. The minimum Gasteiger partial charge on any atom is -0.399 e. The van der Waals surface area contributed by atoms with Crippen LogP contribution in [0, 0.1) is 17.7 Å². The number of hydrogen-bond acceptors (Lipinski definition) is 2. The molecule has 0 saturated carbocycles. The summed E-state index contributed by atoms with van der Waals surface area (Å²) in [6.45, 7) is 0. The van der Waals surface area contributed by atoms with Gasteiger partial charge in [0.1, 0.15) is 7.11 Å². The van der Waals surface area contributed by atoms with Crippen LogP contribution < -0.4 is 0 Å². The Hall–Kier alpha value is -1.45. The Morgan fingerprint density at radius 1 is 1.58 bits per heavy atom. The minimum atomic E-state index is -0.974. The van der Waals surface area contributed by atoms with Crippen molar-refractivity contribution in [2.24, 2.45) is 5.16 Å². The molecule has 0 aliphatic carbocycles. The van der Waals surface area contributed by atoms with Crippen molar-refractivity contribution in [3.63, 3.8) is 0 Å². The highest BCUT2D eigenvalue weighted by Crippen LogP contribution is 2.08. The van der Waals surface area contributed by atoms with Gasteiger partial charge in [0.25, 0.3) is 0 Å². The van der Waals surface area contributed by atoms with Gasteiger partial charge in [0.15, 0.2) is 11.6 Å². The highest BCUT2D eigenvalue weighted by Gasteiger charge is 2.04. The Labute approximate surface area is 68.5 Å². The summed E-state index contributed by atoms with van der Waals surface area (Å²) < 4.78 is 25.3. The van der Waals surface area contributed by atoms with Crippen molar-refractivity contribution in [1.82, 2.24) is 0 Å². The Morgan fingerprint density at radius 3 is 3.00 bits per heavy atom. The second-order valence-electron chi connectivity index (χ2n) is 1.97. The second kappa shape index (κ2) is 3.80. The quantitative estimate of drug-likeness (QED) is 0.489. The van der Waals surface area contributed by atoms with Crippen molar-refractivity contribution in [2.75, 3.05) is 7.11 Å². The van der Waals surface area contributed by atoms with Crippen LogP contribution in [0.3, 0.4) is 0 Å².